The molecule has 1 saturated heterocycles. The fourth-order valence-corrected chi connectivity index (χ4v) is 4.49. The Morgan fingerprint density at radius 3 is 2.68 bits per heavy atom. The number of methoxy groups -OCH3 is 1. The zero-order chi connectivity index (χ0) is 19.6. The van der Waals surface area contributed by atoms with Crippen molar-refractivity contribution in [3.63, 3.8) is 0 Å². The molecular weight excluding hydrogens is 352 g/mol. The maximum Gasteiger partial charge on any atom is 0.161 e. The van der Waals surface area contributed by atoms with Crippen molar-refractivity contribution in [2.45, 2.75) is 64.0 Å². The number of likely N-dealkylation sites (tertiary alicyclic amines) is 1. The summed E-state index contributed by atoms with van der Waals surface area (Å²) in [7, 11) is 1.67. The minimum Gasteiger partial charge on any atom is -0.493 e. The summed E-state index contributed by atoms with van der Waals surface area (Å²) in [5.41, 5.74) is 1.20. The molecule has 28 heavy (non-hydrogen) atoms. The first-order valence-corrected chi connectivity index (χ1v) is 11.2. The quantitative estimate of drug-likeness (QED) is 0.534. The van der Waals surface area contributed by atoms with E-state index in [9.17, 15) is 5.11 Å². The predicted molar refractivity (Wildman–Crippen MR) is 113 cm³/mol. The van der Waals surface area contributed by atoms with Gasteiger partial charge in [0.15, 0.2) is 11.5 Å². The van der Waals surface area contributed by atoms with Crippen LogP contribution < -0.4 is 14.8 Å². The van der Waals surface area contributed by atoms with Crippen molar-refractivity contribution in [2.75, 3.05) is 39.9 Å². The molecule has 0 spiro atoms. The first kappa shape index (κ1) is 21.4. The highest BCUT2D eigenvalue weighted by molar-refractivity contribution is 5.43. The summed E-state index contributed by atoms with van der Waals surface area (Å²) in [6, 6.07) is 6.07. The van der Waals surface area contributed by atoms with Gasteiger partial charge in [-0.2, -0.15) is 0 Å². The molecule has 5 heteroatoms. The van der Waals surface area contributed by atoms with Gasteiger partial charge in [-0.05, 0) is 68.9 Å². The van der Waals surface area contributed by atoms with Crippen molar-refractivity contribution < 1.29 is 14.6 Å². The van der Waals surface area contributed by atoms with Crippen molar-refractivity contribution in [3.05, 3.63) is 23.8 Å². The molecule has 2 N–H and O–H groups in total. The number of rotatable bonds is 12. The van der Waals surface area contributed by atoms with Crippen LogP contribution in [0.4, 0.5) is 0 Å². The fourth-order valence-electron chi connectivity index (χ4n) is 4.49. The number of aliphatic hydroxyl groups is 1. The summed E-state index contributed by atoms with van der Waals surface area (Å²) in [5, 5.41) is 13.8. The summed E-state index contributed by atoms with van der Waals surface area (Å²) in [6.45, 7) is 5.07. The number of aliphatic hydroxyl groups excluding tert-OH is 1. The monoisotopic (exact) mass is 390 g/mol. The highest BCUT2D eigenvalue weighted by atomic mass is 16.5. The van der Waals surface area contributed by atoms with E-state index in [0.717, 1.165) is 37.8 Å². The van der Waals surface area contributed by atoms with Crippen molar-refractivity contribution in [1.82, 2.24) is 10.2 Å². The molecule has 0 aromatic heterocycles. The van der Waals surface area contributed by atoms with Gasteiger partial charge in [-0.1, -0.05) is 31.7 Å². The van der Waals surface area contributed by atoms with E-state index < -0.39 is 6.10 Å². The zero-order valence-electron chi connectivity index (χ0n) is 17.5. The number of nitrogens with zero attached hydrogens (tertiary/aromatic N) is 1. The van der Waals surface area contributed by atoms with Crippen LogP contribution in [0.25, 0.3) is 0 Å². The molecule has 1 saturated carbocycles. The summed E-state index contributed by atoms with van der Waals surface area (Å²) in [6.07, 6.45) is 10.4. The second-order valence-electron chi connectivity index (χ2n) is 8.43. The van der Waals surface area contributed by atoms with E-state index in [-0.39, 0.29) is 0 Å². The molecule has 0 bridgehead atoms. The van der Waals surface area contributed by atoms with E-state index in [1.165, 1.54) is 56.9 Å². The van der Waals surface area contributed by atoms with Crippen LogP contribution in [0.5, 0.6) is 11.5 Å². The minimum absolute atomic E-state index is 0.297. The van der Waals surface area contributed by atoms with E-state index in [4.69, 9.17) is 9.47 Å². The molecular formula is C23H38N2O3. The zero-order valence-corrected chi connectivity index (χ0v) is 17.5. The Balaban J connectivity index is 1.37. The van der Waals surface area contributed by atoms with Gasteiger partial charge in [-0.3, -0.25) is 0 Å². The van der Waals surface area contributed by atoms with Gasteiger partial charge in [0.05, 0.1) is 7.11 Å². The lowest BCUT2D eigenvalue weighted by Gasteiger charge is -2.20. The Kier molecular flexibility index (Phi) is 8.90. The van der Waals surface area contributed by atoms with E-state index >= 15 is 0 Å². The largest absolute Gasteiger partial charge is 0.493 e. The van der Waals surface area contributed by atoms with E-state index in [2.05, 4.69) is 16.3 Å². The Bertz CT molecular complexity index is 569. The fraction of sp³-hybridized carbons (Fsp3) is 0.739. The summed E-state index contributed by atoms with van der Waals surface area (Å²) in [4.78, 5) is 2.30. The average molecular weight is 391 g/mol. The third-order valence-corrected chi connectivity index (χ3v) is 6.10. The number of nitrogens with one attached hydrogen (secondary N) is 1. The molecule has 1 aliphatic carbocycles. The maximum atomic E-state index is 10.2. The molecule has 2 fully saturated rings. The molecule has 158 valence electrons. The molecule has 1 aliphatic heterocycles. The van der Waals surface area contributed by atoms with Gasteiger partial charge < -0.3 is 24.8 Å². The second-order valence-corrected chi connectivity index (χ2v) is 8.43. The number of ether oxygens (including phenoxy) is 2. The summed E-state index contributed by atoms with van der Waals surface area (Å²) >= 11 is 0. The molecule has 1 heterocycles. The molecule has 1 aromatic rings. The van der Waals surface area contributed by atoms with Gasteiger partial charge in [-0.15, -0.1) is 0 Å². The third kappa shape index (κ3) is 6.94. The lowest BCUT2D eigenvalue weighted by Crippen LogP contribution is -2.33. The third-order valence-electron chi connectivity index (χ3n) is 6.10. The molecule has 1 unspecified atom stereocenters. The highest BCUT2D eigenvalue weighted by Crippen LogP contribution is 2.29. The van der Waals surface area contributed by atoms with Crippen LogP contribution in [-0.4, -0.2) is 56.0 Å². The molecule has 0 radical (unpaired) electrons. The van der Waals surface area contributed by atoms with Crippen LogP contribution in [-0.2, 0) is 6.54 Å². The van der Waals surface area contributed by atoms with Crippen LogP contribution in [0.3, 0.4) is 0 Å². The molecule has 0 amide bonds. The van der Waals surface area contributed by atoms with Gasteiger partial charge in [-0.25, -0.2) is 0 Å². The number of β-amino-alcohol motifs (C(OH)–C–C–N with tert-alkyl or cyclic N) is 1. The normalized spacial score (nSPS) is 19.2. The number of hydrogen-bond donors (Lipinski definition) is 2. The minimum atomic E-state index is -0.469. The Labute approximate surface area is 170 Å². The summed E-state index contributed by atoms with van der Waals surface area (Å²) in [5.74, 6) is 2.41. The van der Waals surface area contributed by atoms with Crippen molar-refractivity contribution in [2.24, 2.45) is 5.92 Å². The van der Waals surface area contributed by atoms with Crippen molar-refractivity contribution >= 4 is 0 Å². The average Bonchev–Trinajstić information content (AvgIpc) is 3.40. The molecule has 1 aromatic carbocycles. The van der Waals surface area contributed by atoms with Crippen LogP contribution >= 0.6 is 0 Å². The Hall–Kier alpha value is -1.30. The predicted octanol–water partition coefficient (Wildman–Crippen LogP) is 3.59. The molecule has 1 atom stereocenters. The van der Waals surface area contributed by atoms with Gasteiger partial charge in [0.1, 0.15) is 12.7 Å². The smallest absolute Gasteiger partial charge is 0.161 e. The van der Waals surface area contributed by atoms with Crippen LogP contribution in [0, 0.1) is 5.92 Å². The SMILES string of the molecule is COc1cc(CNCCCC2CCCC2)ccc1OCC(O)CN1CCCC1. The van der Waals surface area contributed by atoms with Gasteiger partial charge >= 0.3 is 0 Å². The van der Waals surface area contributed by atoms with Crippen molar-refractivity contribution in [1.29, 1.82) is 0 Å². The van der Waals surface area contributed by atoms with Crippen LogP contribution in [0.2, 0.25) is 0 Å². The molecule has 3 rings (SSSR count). The Morgan fingerprint density at radius 1 is 1.14 bits per heavy atom. The first-order chi connectivity index (χ1) is 13.7. The van der Waals surface area contributed by atoms with E-state index in [1.807, 2.05) is 12.1 Å². The second kappa shape index (κ2) is 11.6. The van der Waals surface area contributed by atoms with Gasteiger partial charge in [0.25, 0.3) is 0 Å². The molecule has 2 aliphatic rings. The van der Waals surface area contributed by atoms with Crippen molar-refractivity contribution in [3.8, 4) is 11.5 Å². The van der Waals surface area contributed by atoms with Crippen LogP contribution in [0.15, 0.2) is 18.2 Å². The van der Waals surface area contributed by atoms with E-state index in [1.54, 1.807) is 7.11 Å². The van der Waals surface area contributed by atoms with Gasteiger partial charge in [0.2, 0.25) is 0 Å². The van der Waals surface area contributed by atoms with Crippen LogP contribution in [0.1, 0.15) is 56.9 Å². The Morgan fingerprint density at radius 2 is 1.93 bits per heavy atom. The first-order valence-electron chi connectivity index (χ1n) is 11.2. The number of benzene rings is 1. The maximum absolute atomic E-state index is 10.2. The van der Waals surface area contributed by atoms with E-state index in [0.29, 0.717) is 18.9 Å². The highest BCUT2D eigenvalue weighted by Gasteiger charge is 2.17. The number of hydrogen-bond acceptors (Lipinski definition) is 5. The topological polar surface area (TPSA) is 54.0 Å². The summed E-state index contributed by atoms with van der Waals surface area (Å²) < 4.78 is 11.3. The lowest BCUT2D eigenvalue weighted by atomic mass is 10.0. The standard InChI is InChI=1S/C23H38N2O3/c1-27-23-15-20(16-24-12-6-9-19-7-2-3-8-19)10-11-22(23)28-18-21(26)17-25-13-4-5-14-25/h10-11,15,19,21,24,26H,2-9,12-14,16-18H2,1H3. The molecule has 5 nitrogen and oxygen atoms in total. The lowest BCUT2D eigenvalue weighted by molar-refractivity contribution is 0.0747. The van der Waals surface area contributed by atoms with Gasteiger partial charge in [0, 0.05) is 13.1 Å².